The lowest BCUT2D eigenvalue weighted by atomic mass is 9.74. The Bertz CT molecular complexity index is 1360. The molecule has 3 rings (SSSR count). The highest BCUT2D eigenvalue weighted by molar-refractivity contribution is 7.80. The number of phenolic OH excluding ortho intramolecular Hbond substituents is 1. The van der Waals surface area contributed by atoms with E-state index in [1.165, 1.54) is 37.4 Å². The van der Waals surface area contributed by atoms with Gasteiger partial charge in [0.05, 0.1) is 17.0 Å². The summed E-state index contributed by atoms with van der Waals surface area (Å²) in [5, 5.41) is 23.2. The highest BCUT2D eigenvalue weighted by Crippen LogP contribution is 2.40. The molecule has 2 heterocycles. The van der Waals surface area contributed by atoms with Crippen LogP contribution in [-0.2, 0) is 29.1 Å². The summed E-state index contributed by atoms with van der Waals surface area (Å²) in [6, 6.07) is 4.19. The van der Waals surface area contributed by atoms with Crippen molar-refractivity contribution in [3.8, 4) is 11.5 Å². The second-order valence-corrected chi connectivity index (χ2v) is 10.1. The summed E-state index contributed by atoms with van der Waals surface area (Å²) in [5.41, 5.74) is 9.84. The highest BCUT2D eigenvalue weighted by Gasteiger charge is 2.57. The molecule has 0 unspecified atom stereocenters. The molecule has 1 atom stereocenters. The van der Waals surface area contributed by atoms with Crippen LogP contribution in [0.5, 0.6) is 11.5 Å². The zero-order valence-electron chi connectivity index (χ0n) is 19.6. The summed E-state index contributed by atoms with van der Waals surface area (Å²) in [6.07, 6.45) is -0.380. The van der Waals surface area contributed by atoms with Crippen molar-refractivity contribution in [1.29, 1.82) is 5.41 Å². The number of carbonyl (C=O) groups excluding carboxylic acids is 2. The van der Waals surface area contributed by atoms with Crippen LogP contribution in [0.3, 0.4) is 0 Å². The molecule has 0 aliphatic carbocycles. The number of rotatable bonds is 12. The number of anilines is 1. The molecule has 0 radical (unpaired) electrons. The maximum Gasteiger partial charge on any atom is 0.418 e. The lowest BCUT2D eigenvalue weighted by Crippen LogP contribution is -2.68. The maximum absolute atomic E-state index is 13.0. The number of amidine groups is 1. The van der Waals surface area contributed by atoms with Crippen LogP contribution in [0.15, 0.2) is 28.7 Å². The number of β-lactam (4-membered cyclic amide) rings is 1. The Kier molecular flexibility index (Phi) is 8.01. The number of ketones is 1. The van der Waals surface area contributed by atoms with Gasteiger partial charge in [-0.05, 0) is 26.0 Å². The summed E-state index contributed by atoms with van der Waals surface area (Å²) in [6.45, 7) is 2.78. The topological polar surface area (TPSA) is 241 Å². The number of ether oxygens (including phenoxy) is 1. The molecule has 1 aromatic carbocycles. The van der Waals surface area contributed by atoms with Crippen molar-refractivity contribution in [3.05, 3.63) is 34.8 Å². The zero-order chi connectivity index (χ0) is 27.5. The number of nitrogens with one attached hydrogen (secondary N) is 1. The van der Waals surface area contributed by atoms with Crippen LogP contribution >= 0.6 is 11.3 Å². The minimum absolute atomic E-state index is 0.0287. The largest absolute Gasteiger partial charge is 0.507 e. The van der Waals surface area contributed by atoms with E-state index in [0.29, 0.717) is 5.06 Å². The first-order chi connectivity index (χ1) is 17.2. The summed E-state index contributed by atoms with van der Waals surface area (Å²) >= 11 is 1.06. The van der Waals surface area contributed by atoms with Gasteiger partial charge in [-0.15, -0.1) is 15.6 Å². The molecule has 0 bridgehead atoms. The molecule has 1 fully saturated rings. The Morgan fingerprint density at radius 2 is 2.05 bits per heavy atom. The average molecular weight is 557 g/mol. The monoisotopic (exact) mass is 556 g/mol. The quantitative estimate of drug-likeness (QED) is 0.0597. The van der Waals surface area contributed by atoms with Gasteiger partial charge in [0.2, 0.25) is 0 Å². The minimum atomic E-state index is -4.93. The third-order valence-electron chi connectivity index (χ3n) is 5.32. The molecule has 37 heavy (non-hydrogen) atoms. The summed E-state index contributed by atoms with van der Waals surface area (Å²) in [7, 11) is -4.93. The van der Waals surface area contributed by atoms with E-state index in [1.807, 2.05) is 0 Å². The van der Waals surface area contributed by atoms with Gasteiger partial charge in [-0.25, -0.2) is 4.98 Å². The predicted molar refractivity (Wildman–Crippen MR) is 130 cm³/mol. The van der Waals surface area contributed by atoms with Crippen molar-refractivity contribution < 1.29 is 41.5 Å². The molecular formula is C20H24N6O9S2. The smallest absolute Gasteiger partial charge is 0.418 e. The van der Waals surface area contributed by atoms with Gasteiger partial charge in [-0.3, -0.25) is 19.6 Å². The van der Waals surface area contributed by atoms with Gasteiger partial charge in [-0.1, -0.05) is 5.16 Å². The number of hydrogen-bond donors (Lipinski definition) is 5. The highest BCUT2D eigenvalue weighted by atomic mass is 32.3. The molecule has 17 heteroatoms. The van der Waals surface area contributed by atoms with E-state index in [0.717, 1.165) is 11.3 Å². The standard InChI is InChI=1S/C20H24N6O9S2/c1-20(2)12(18(29)26(20)35-37(30,31)32)8-15(28)16(13-9-36-19(23)24-13)25-34-6-5-33-10-3-4-11(17(21)22)14(27)7-10/h3-4,7,9,12,27H,5-6,8H2,1-2H3,(H3,21,22)(H2,23,24)(H,30,31,32)/b25-16-/t12-/m1/s1. The van der Waals surface area contributed by atoms with Gasteiger partial charge in [0, 0.05) is 17.9 Å². The first-order valence-corrected chi connectivity index (χ1v) is 12.7. The van der Waals surface area contributed by atoms with Gasteiger partial charge < -0.3 is 26.1 Å². The molecule has 0 saturated carbocycles. The number of carbonyl (C=O) groups is 2. The van der Waals surface area contributed by atoms with E-state index in [2.05, 4.69) is 14.4 Å². The molecule has 1 aliphatic heterocycles. The normalized spacial score (nSPS) is 17.3. The number of nitrogens with zero attached hydrogens (tertiary/aromatic N) is 3. The van der Waals surface area contributed by atoms with Crippen molar-refractivity contribution in [2.45, 2.75) is 25.8 Å². The van der Waals surface area contributed by atoms with Crippen molar-refractivity contribution in [3.63, 3.8) is 0 Å². The number of nitrogen functional groups attached to an aromatic ring is 2. The fourth-order valence-electron chi connectivity index (χ4n) is 3.42. The van der Waals surface area contributed by atoms with Gasteiger partial charge in [-0.2, -0.15) is 13.5 Å². The maximum atomic E-state index is 13.0. The fraction of sp³-hybridized carbons (Fsp3) is 0.350. The number of nitrogens with two attached hydrogens (primary N) is 2. The molecular weight excluding hydrogens is 532 g/mol. The molecule has 7 N–H and O–H groups in total. The van der Waals surface area contributed by atoms with E-state index in [9.17, 15) is 23.1 Å². The van der Waals surface area contributed by atoms with Crippen molar-refractivity contribution in [2.75, 3.05) is 18.9 Å². The average Bonchev–Trinajstić information content (AvgIpc) is 3.22. The lowest BCUT2D eigenvalue weighted by molar-refractivity contribution is -0.228. The number of benzene rings is 1. The van der Waals surface area contributed by atoms with Crippen LogP contribution in [0, 0.1) is 11.3 Å². The number of thiazole rings is 1. The third-order valence-corrected chi connectivity index (χ3v) is 6.33. The van der Waals surface area contributed by atoms with Gasteiger partial charge in [0.1, 0.15) is 29.6 Å². The number of aromatic nitrogens is 1. The van der Waals surface area contributed by atoms with Crippen molar-refractivity contribution >= 4 is 50.1 Å². The van der Waals surface area contributed by atoms with Crippen LogP contribution in [-0.4, -0.2) is 70.1 Å². The third kappa shape index (κ3) is 6.50. The minimum Gasteiger partial charge on any atom is -0.507 e. The molecule has 0 spiro atoms. The first kappa shape index (κ1) is 27.8. The van der Waals surface area contributed by atoms with E-state index in [-0.39, 0.29) is 59.1 Å². The number of hydrogen-bond acceptors (Lipinski definition) is 13. The van der Waals surface area contributed by atoms with Crippen molar-refractivity contribution in [2.24, 2.45) is 16.8 Å². The Hall–Kier alpha value is -3.80. The van der Waals surface area contributed by atoms with Gasteiger partial charge in [0.25, 0.3) is 5.91 Å². The van der Waals surface area contributed by atoms with E-state index < -0.39 is 33.5 Å². The second-order valence-electron chi connectivity index (χ2n) is 8.25. The number of Topliss-reactive ketones (excluding diaryl/α,β-unsaturated/α-hetero) is 1. The SMILES string of the molecule is CC1(C)[C@H](CC(=O)/C(=N\OCCOc2ccc(C(=N)N)c(O)c2)c2csc(N)n2)C(=O)N1OS(=O)(=O)O. The molecule has 1 aliphatic rings. The predicted octanol–water partition coefficient (Wildman–Crippen LogP) is 0.445. The molecule has 1 saturated heterocycles. The molecule has 2 aromatic rings. The number of oxime groups is 1. The van der Waals surface area contributed by atoms with Crippen LogP contribution in [0.4, 0.5) is 5.13 Å². The number of hydroxylamine groups is 2. The number of aromatic hydroxyl groups is 1. The molecule has 1 aromatic heterocycles. The Morgan fingerprint density at radius 1 is 1.35 bits per heavy atom. The lowest BCUT2D eigenvalue weighted by Gasteiger charge is -2.50. The second kappa shape index (κ2) is 10.7. The first-order valence-electron chi connectivity index (χ1n) is 10.5. The summed E-state index contributed by atoms with van der Waals surface area (Å²) < 4.78 is 40.6. The van der Waals surface area contributed by atoms with Crippen LogP contribution in [0.1, 0.15) is 31.5 Å². The number of amides is 1. The van der Waals surface area contributed by atoms with Crippen LogP contribution in [0.25, 0.3) is 0 Å². The molecule has 15 nitrogen and oxygen atoms in total. The Balaban J connectivity index is 1.65. The van der Waals surface area contributed by atoms with Crippen LogP contribution in [0.2, 0.25) is 0 Å². The van der Waals surface area contributed by atoms with E-state index >= 15 is 0 Å². The molecule has 200 valence electrons. The molecule has 1 amide bonds. The number of phenols is 1. The van der Waals surface area contributed by atoms with Crippen molar-refractivity contribution in [1.82, 2.24) is 10.0 Å². The van der Waals surface area contributed by atoms with E-state index in [1.54, 1.807) is 0 Å². The Labute approximate surface area is 215 Å². The summed E-state index contributed by atoms with van der Waals surface area (Å²) in [4.78, 5) is 34.7. The fourth-order valence-corrected chi connectivity index (χ4v) is 4.42. The zero-order valence-corrected chi connectivity index (χ0v) is 21.2. The summed E-state index contributed by atoms with van der Waals surface area (Å²) in [5.74, 6) is -2.67. The van der Waals surface area contributed by atoms with Gasteiger partial charge >= 0.3 is 10.4 Å². The van der Waals surface area contributed by atoms with E-state index in [4.69, 9.17) is 31.0 Å². The Morgan fingerprint density at radius 3 is 2.59 bits per heavy atom. The van der Waals surface area contributed by atoms with Gasteiger partial charge in [0.15, 0.2) is 23.2 Å². The van der Waals surface area contributed by atoms with Crippen LogP contribution < -0.4 is 16.2 Å².